The molecule has 1 aromatic carbocycles. The Morgan fingerprint density at radius 2 is 1.83 bits per heavy atom. The molecule has 0 radical (unpaired) electrons. The minimum absolute atomic E-state index is 0.0589. The van der Waals surface area contributed by atoms with Crippen LogP contribution in [0.5, 0.6) is 0 Å². The summed E-state index contributed by atoms with van der Waals surface area (Å²) < 4.78 is 9.85. The van der Waals surface area contributed by atoms with Gasteiger partial charge in [-0.2, -0.15) is 0 Å². The highest BCUT2D eigenvalue weighted by molar-refractivity contribution is 7.19. The van der Waals surface area contributed by atoms with Crippen LogP contribution in [0, 0.1) is 6.92 Å². The van der Waals surface area contributed by atoms with Gasteiger partial charge < -0.3 is 19.8 Å². The number of carbonyl (C=O) groups is 3. The van der Waals surface area contributed by atoms with E-state index in [1.807, 2.05) is 0 Å². The van der Waals surface area contributed by atoms with Gasteiger partial charge in [-0.1, -0.05) is 29.3 Å². The average molecular weight is 453 g/mol. The number of anilines is 2. The summed E-state index contributed by atoms with van der Waals surface area (Å²) in [6.45, 7) is 1.58. The van der Waals surface area contributed by atoms with Crippen LogP contribution in [0.25, 0.3) is 0 Å². The number of rotatable bonds is 5. The maximum atomic E-state index is 12.8. The van der Waals surface area contributed by atoms with E-state index in [0.29, 0.717) is 11.3 Å². The van der Waals surface area contributed by atoms with Crippen molar-refractivity contribution >= 4 is 63.0 Å². The number of hydrogen-bond donors (Lipinski definition) is 2. The summed E-state index contributed by atoms with van der Waals surface area (Å²) in [5.41, 5.74) is 0.754. The van der Waals surface area contributed by atoms with Crippen LogP contribution in [0.4, 0.5) is 10.7 Å². The number of methoxy groups -OCH3 is 1. The standard InChI is InChI=1S/C19H14Cl2N2O5S/c1-9-13(19(26)27-2)18(23-16(24)12-7-4-8-28-12)29-15(9)17(25)22-11-6-3-5-10(20)14(11)21/h3-8H,1-2H3,(H,22,25)(H,23,24). The number of benzene rings is 1. The van der Waals surface area contributed by atoms with Crippen molar-refractivity contribution in [2.24, 2.45) is 0 Å². The van der Waals surface area contributed by atoms with E-state index in [1.165, 1.54) is 19.4 Å². The third kappa shape index (κ3) is 4.29. The molecule has 2 aromatic heterocycles. The second kappa shape index (κ2) is 8.69. The zero-order valence-corrected chi connectivity index (χ0v) is 17.5. The summed E-state index contributed by atoms with van der Waals surface area (Å²) in [4.78, 5) is 37.6. The largest absolute Gasteiger partial charge is 0.465 e. The Balaban J connectivity index is 1.95. The van der Waals surface area contributed by atoms with Crippen LogP contribution >= 0.6 is 34.5 Å². The molecule has 0 saturated heterocycles. The zero-order valence-electron chi connectivity index (χ0n) is 15.2. The molecule has 0 unspecified atom stereocenters. The highest BCUT2D eigenvalue weighted by atomic mass is 35.5. The SMILES string of the molecule is COC(=O)c1c(NC(=O)c2ccco2)sc(C(=O)Nc2cccc(Cl)c2Cl)c1C. The molecule has 0 aliphatic heterocycles. The fourth-order valence-electron chi connectivity index (χ4n) is 2.52. The van der Waals surface area contributed by atoms with Crippen molar-refractivity contribution in [1.82, 2.24) is 0 Å². The van der Waals surface area contributed by atoms with Crippen LogP contribution in [0.2, 0.25) is 10.0 Å². The number of esters is 1. The van der Waals surface area contributed by atoms with Crippen LogP contribution in [-0.4, -0.2) is 24.9 Å². The van der Waals surface area contributed by atoms with E-state index in [0.717, 1.165) is 11.3 Å². The Hall–Kier alpha value is -2.81. The molecule has 0 fully saturated rings. The van der Waals surface area contributed by atoms with Gasteiger partial charge in [0.25, 0.3) is 11.8 Å². The molecule has 0 atom stereocenters. The van der Waals surface area contributed by atoms with Gasteiger partial charge in [0.05, 0.1) is 39.5 Å². The van der Waals surface area contributed by atoms with Gasteiger partial charge >= 0.3 is 5.97 Å². The summed E-state index contributed by atoms with van der Waals surface area (Å²) >= 11 is 13.0. The number of furan rings is 1. The molecule has 7 nitrogen and oxygen atoms in total. The van der Waals surface area contributed by atoms with Gasteiger partial charge in [0, 0.05) is 0 Å². The lowest BCUT2D eigenvalue weighted by molar-refractivity contribution is 0.0601. The summed E-state index contributed by atoms with van der Waals surface area (Å²) in [5.74, 6) is -1.71. The van der Waals surface area contributed by atoms with Gasteiger partial charge in [-0.3, -0.25) is 9.59 Å². The number of carbonyl (C=O) groups excluding carboxylic acids is 3. The molecule has 2 amide bonds. The number of nitrogens with one attached hydrogen (secondary N) is 2. The van der Waals surface area contributed by atoms with E-state index in [1.54, 1.807) is 31.2 Å². The van der Waals surface area contributed by atoms with Crippen LogP contribution < -0.4 is 10.6 Å². The zero-order chi connectivity index (χ0) is 21.1. The Labute approximate surface area is 179 Å². The van der Waals surface area contributed by atoms with E-state index in [9.17, 15) is 14.4 Å². The minimum atomic E-state index is -0.687. The maximum absolute atomic E-state index is 12.8. The quantitative estimate of drug-likeness (QED) is 0.515. The van der Waals surface area contributed by atoms with E-state index >= 15 is 0 Å². The molecular formula is C19H14Cl2N2O5S. The van der Waals surface area contributed by atoms with Gasteiger partial charge in [0.15, 0.2) is 5.76 Å². The number of amides is 2. The average Bonchev–Trinajstić information content (AvgIpc) is 3.33. The summed E-state index contributed by atoms with van der Waals surface area (Å²) in [6.07, 6.45) is 1.35. The Bertz CT molecular complexity index is 1090. The first-order chi connectivity index (χ1) is 13.8. The highest BCUT2D eigenvalue weighted by Gasteiger charge is 2.27. The second-order valence-electron chi connectivity index (χ2n) is 5.74. The maximum Gasteiger partial charge on any atom is 0.341 e. The third-order valence-electron chi connectivity index (χ3n) is 3.91. The normalized spacial score (nSPS) is 10.5. The van der Waals surface area contributed by atoms with Crippen molar-refractivity contribution in [3.63, 3.8) is 0 Å². The lowest BCUT2D eigenvalue weighted by atomic mass is 10.1. The van der Waals surface area contributed by atoms with Gasteiger partial charge in [-0.25, -0.2) is 4.79 Å². The molecule has 2 heterocycles. The summed E-state index contributed by atoms with van der Waals surface area (Å²) in [5, 5.41) is 5.89. The van der Waals surface area contributed by atoms with Crippen molar-refractivity contribution in [2.45, 2.75) is 6.92 Å². The van der Waals surface area contributed by atoms with E-state index in [4.69, 9.17) is 32.4 Å². The van der Waals surface area contributed by atoms with Crippen molar-refractivity contribution < 1.29 is 23.5 Å². The Kier molecular flexibility index (Phi) is 6.26. The molecule has 3 aromatic rings. The van der Waals surface area contributed by atoms with Crippen LogP contribution in [0.1, 0.15) is 36.1 Å². The first-order valence-corrected chi connectivity index (χ1v) is 9.72. The third-order valence-corrected chi connectivity index (χ3v) is 5.94. The van der Waals surface area contributed by atoms with E-state index in [2.05, 4.69) is 10.6 Å². The minimum Gasteiger partial charge on any atom is -0.465 e. The lowest BCUT2D eigenvalue weighted by Gasteiger charge is -2.07. The number of thiophene rings is 1. The second-order valence-corrected chi connectivity index (χ2v) is 7.54. The fraction of sp³-hybridized carbons (Fsp3) is 0.105. The smallest absolute Gasteiger partial charge is 0.341 e. The fourth-order valence-corrected chi connectivity index (χ4v) is 3.95. The van der Waals surface area contributed by atoms with Gasteiger partial charge in [0.1, 0.15) is 5.00 Å². The first kappa shape index (κ1) is 20.9. The summed E-state index contributed by atoms with van der Waals surface area (Å²) in [7, 11) is 1.21. The monoisotopic (exact) mass is 452 g/mol. The van der Waals surface area contributed by atoms with Gasteiger partial charge in [-0.15, -0.1) is 11.3 Å². The first-order valence-electron chi connectivity index (χ1n) is 8.15. The molecule has 29 heavy (non-hydrogen) atoms. The molecule has 0 aliphatic rings. The predicted octanol–water partition coefficient (Wildman–Crippen LogP) is 5.25. The highest BCUT2D eigenvalue weighted by Crippen LogP contribution is 2.36. The predicted molar refractivity (Wildman–Crippen MR) is 111 cm³/mol. The Morgan fingerprint density at radius 3 is 2.48 bits per heavy atom. The molecule has 0 aliphatic carbocycles. The lowest BCUT2D eigenvalue weighted by Crippen LogP contribution is -2.14. The van der Waals surface area contributed by atoms with E-state index < -0.39 is 17.8 Å². The van der Waals surface area contributed by atoms with Crippen molar-refractivity contribution in [3.05, 3.63) is 68.4 Å². The van der Waals surface area contributed by atoms with Crippen LogP contribution in [-0.2, 0) is 4.74 Å². The van der Waals surface area contributed by atoms with E-state index in [-0.39, 0.29) is 31.2 Å². The van der Waals surface area contributed by atoms with Crippen molar-refractivity contribution in [1.29, 1.82) is 0 Å². The molecule has 2 N–H and O–H groups in total. The van der Waals surface area contributed by atoms with Gasteiger partial charge in [-0.05, 0) is 36.8 Å². The van der Waals surface area contributed by atoms with Crippen LogP contribution in [0.3, 0.4) is 0 Å². The topological polar surface area (TPSA) is 97.6 Å². The molecule has 0 saturated carbocycles. The number of hydrogen-bond acceptors (Lipinski definition) is 6. The van der Waals surface area contributed by atoms with Crippen LogP contribution in [0.15, 0.2) is 41.0 Å². The summed E-state index contributed by atoms with van der Waals surface area (Å²) in [6, 6.07) is 7.86. The number of halogens is 2. The van der Waals surface area contributed by atoms with Crippen molar-refractivity contribution in [3.8, 4) is 0 Å². The molecule has 10 heteroatoms. The molecule has 0 bridgehead atoms. The molecular weight excluding hydrogens is 439 g/mol. The molecule has 3 rings (SSSR count). The number of ether oxygens (including phenoxy) is 1. The Morgan fingerprint density at radius 1 is 1.07 bits per heavy atom. The van der Waals surface area contributed by atoms with Crippen molar-refractivity contribution in [2.75, 3.05) is 17.7 Å². The molecule has 0 spiro atoms. The molecule has 150 valence electrons. The van der Waals surface area contributed by atoms with Gasteiger partial charge in [0.2, 0.25) is 0 Å².